The van der Waals surface area contributed by atoms with Crippen molar-refractivity contribution in [2.75, 3.05) is 42.8 Å². The van der Waals surface area contributed by atoms with Crippen molar-refractivity contribution in [3.05, 3.63) is 5.82 Å². The summed E-state index contributed by atoms with van der Waals surface area (Å²) < 4.78 is 20.7. The van der Waals surface area contributed by atoms with Crippen LogP contribution in [-0.2, 0) is 19.2 Å². The molecule has 0 spiro atoms. The van der Waals surface area contributed by atoms with Gasteiger partial charge in [-0.05, 0) is 37.9 Å². The lowest BCUT2D eigenvalue weighted by Gasteiger charge is -2.32. The molecule has 10 nitrogen and oxygen atoms in total. The number of halogens is 1. The van der Waals surface area contributed by atoms with Crippen LogP contribution in [0.25, 0.3) is 0 Å². The monoisotopic (exact) mass is 510 g/mol. The molecule has 1 unspecified atom stereocenters. The molecule has 2 saturated heterocycles. The minimum Gasteiger partial charge on any atom is -0.354 e. The number of amides is 2. The molecule has 2 atom stereocenters. The van der Waals surface area contributed by atoms with Gasteiger partial charge in [-0.3, -0.25) is 20.4 Å². The third-order valence-electron chi connectivity index (χ3n) is 6.83. The lowest BCUT2D eigenvalue weighted by molar-refractivity contribution is -0.276. The van der Waals surface area contributed by atoms with E-state index < -0.39 is 18.0 Å². The molecule has 2 N–H and O–H groups in total. The molecule has 3 fully saturated rings. The van der Waals surface area contributed by atoms with Crippen LogP contribution in [0, 0.1) is 17.7 Å². The van der Waals surface area contributed by atoms with Gasteiger partial charge in [-0.15, -0.1) is 0 Å². The number of aromatic nitrogens is 2. The number of carbonyl (C=O) groups is 2. The Morgan fingerprint density at radius 1 is 1.26 bits per heavy atom. The normalized spacial score (nSPS) is 21.3. The van der Waals surface area contributed by atoms with Crippen LogP contribution in [0.2, 0.25) is 0 Å². The summed E-state index contributed by atoms with van der Waals surface area (Å²) >= 11 is 1.31. The third kappa shape index (κ3) is 6.95. The Morgan fingerprint density at radius 3 is 2.66 bits per heavy atom. The van der Waals surface area contributed by atoms with E-state index in [1.807, 2.05) is 11.2 Å². The standard InChI is InChI=1S/C23H35FN6O4S/c1-35-23-25-20(19(24)21(26-23)29-10-6-11-29)27-28-22(32)17(13-16-7-2-3-8-16)14-30(15-31)34-18-9-4-5-12-33-18/h15-18H,2-14H2,1H3,(H,28,32)(H,25,26,27)/t17-,18?/m0/s1. The van der Waals surface area contributed by atoms with Crippen LogP contribution in [0.3, 0.4) is 0 Å². The lowest BCUT2D eigenvalue weighted by atomic mass is 9.92. The topological polar surface area (TPSA) is 109 Å². The Labute approximate surface area is 209 Å². The van der Waals surface area contributed by atoms with Gasteiger partial charge in [-0.1, -0.05) is 37.4 Å². The fourth-order valence-electron chi connectivity index (χ4n) is 4.74. The molecule has 194 valence electrons. The van der Waals surface area contributed by atoms with Gasteiger partial charge in [-0.2, -0.15) is 4.39 Å². The van der Waals surface area contributed by atoms with Gasteiger partial charge >= 0.3 is 0 Å². The zero-order valence-corrected chi connectivity index (χ0v) is 21.0. The minimum atomic E-state index is -0.595. The highest BCUT2D eigenvalue weighted by Gasteiger charge is 2.30. The lowest BCUT2D eigenvalue weighted by Crippen LogP contribution is -2.43. The number of thioether (sulfide) groups is 1. The highest BCUT2D eigenvalue weighted by molar-refractivity contribution is 7.98. The molecule has 2 amide bonds. The molecule has 0 bridgehead atoms. The summed E-state index contributed by atoms with van der Waals surface area (Å²) in [5, 5.41) is 1.58. The number of hydrazine groups is 1. The van der Waals surface area contributed by atoms with Crippen LogP contribution in [0.4, 0.5) is 16.0 Å². The van der Waals surface area contributed by atoms with E-state index in [-0.39, 0.29) is 24.1 Å². The minimum absolute atomic E-state index is 0.0710. The van der Waals surface area contributed by atoms with Crippen molar-refractivity contribution in [1.82, 2.24) is 20.5 Å². The highest BCUT2D eigenvalue weighted by Crippen LogP contribution is 2.31. The van der Waals surface area contributed by atoms with Gasteiger partial charge < -0.3 is 9.64 Å². The van der Waals surface area contributed by atoms with Crippen LogP contribution in [-0.4, -0.2) is 66.1 Å². The Bertz CT molecular complexity index is 865. The summed E-state index contributed by atoms with van der Waals surface area (Å²) in [6.07, 6.45) is 10.6. The van der Waals surface area contributed by atoms with Crippen molar-refractivity contribution in [3.8, 4) is 0 Å². The fraction of sp³-hybridized carbons (Fsp3) is 0.739. The number of hydrogen-bond donors (Lipinski definition) is 2. The number of rotatable bonds is 12. The molecular formula is C23H35FN6O4S. The van der Waals surface area contributed by atoms with Crippen LogP contribution in [0.1, 0.15) is 57.8 Å². The average molecular weight is 511 g/mol. The Kier molecular flexibility index (Phi) is 9.38. The molecule has 1 saturated carbocycles. The molecule has 2 aliphatic heterocycles. The first-order chi connectivity index (χ1) is 17.1. The maximum Gasteiger partial charge on any atom is 0.243 e. The van der Waals surface area contributed by atoms with Crippen LogP contribution >= 0.6 is 11.8 Å². The van der Waals surface area contributed by atoms with E-state index in [4.69, 9.17) is 9.57 Å². The molecule has 1 aromatic rings. The molecule has 1 aliphatic carbocycles. The van der Waals surface area contributed by atoms with Gasteiger partial charge in [0, 0.05) is 26.1 Å². The van der Waals surface area contributed by atoms with E-state index in [1.165, 1.54) is 11.8 Å². The fourth-order valence-corrected chi connectivity index (χ4v) is 5.10. The highest BCUT2D eigenvalue weighted by atomic mass is 32.2. The summed E-state index contributed by atoms with van der Waals surface area (Å²) in [6, 6.07) is 0. The molecule has 12 heteroatoms. The smallest absolute Gasteiger partial charge is 0.243 e. The quantitative estimate of drug-likeness (QED) is 0.190. The summed E-state index contributed by atoms with van der Waals surface area (Å²) in [5.74, 6) is -0.893. The molecule has 0 aromatic carbocycles. The molecule has 1 aromatic heterocycles. The number of nitrogens with one attached hydrogen (secondary N) is 2. The second-order valence-electron chi connectivity index (χ2n) is 9.34. The van der Waals surface area contributed by atoms with Crippen LogP contribution in [0.15, 0.2) is 5.16 Å². The maximum atomic E-state index is 15.1. The predicted molar refractivity (Wildman–Crippen MR) is 130 cm³/mol. The van der Waals surface area contributed by atoms with Gasteiger partial charge in [0.15, 0.2) is 23.1 Å². The number of hydrogen-bond acceptors (Lipinski definition) is 9. The Morgan fingerprint density at radius 2 is 2.03 bits per heavy atom. The second kappa shape index (κ2) is 12.7. The van der Waals surface area contributed by atoms with Crippen molar-refractivity contribution in [2.45, 2.75) is 69.2 Å². The van der Waals surface area contributed by atoms with Crippen LogP contribution < -0.4 is 15.8 Å². The second-order valence-corrected chi connectivity index (χ2v) is 10.1. The zero-order valence-electron chi connectivity index (χ0n) is 20.2. The first kappa shape index (κ1) is 25.9. The zero-order chi connectivity index (χ0) is 24.6. The summed E-state index contributed by atoms with van der Waals surface area (Å²) in [4.78, 5) is 41.0. The van der Waals surface area contributed by atoms with E-state index in [0.717, 1.165) is 63.1 Å². The Balaban J connectivity index is 1.42. The predicted octanol–water partition coefficient (Wildman–Crippen LogP) is 3.10. The van der Waals surface area contributed by atoms with E-state index >= 15 is 4.39 Å². The Hall–Kier alpha value is -2.18. The number of hydroxylamine groups is 2. The van der Waals surface area contributed by atoms with Gasteiger partial charge in [0.1, 0.15) is 0 Å². The van der Waals surface area contributed by atoms with Gasteiger partial charge in [0.25, 0.3) is 0 Å². The average Bonchev–Trinajstić information content (AvgIpc) is 3.36. The number of carbonyl (C=O) groups excluding carboxylic acids is 2. The summed E-state index contributed by atoms with van der Waals surface area (Å²) in [5.41, 5.74) is 5.29. The van der Waals surface area contributed by atoms with Crippen molar-refractivity contribution in [1.29, 1.82) is 0 Å². The molecule has 0 radical (unpaired) electrons. The van der Waals surface area contributed by atoms with E-state index in [9.17, 15) is 9.59 Å². The summed E-state index contributed by atoms with van der Waals surface area (Å²) in [7, 11) is 0. The molecular weight excluding hydrogens is 475 g/mol. The largest absolute Gasteiger partial charge is 0.354 e. The molecule has 4 rings (SSSR count). The van der Waals surface area contributed by atoms with Gasteiger partial charge in [-0.25, -0.2) is 19.9 Å². The number of ether oxygens (including phenoxy) is 1. The van der Waals surface area contributed by atoms with Crippen molar-refractivity contribution < 1.29 is 23.6 Å². The van der Waals surface area contributed by atoms with E-state index in [0.29, 0.717) is 36.9 Å². The summed E-state index contributed by atoms with van der Waals surface area (Å²) in [6.45, 7) is 2.16. The van der Waals surface area contributed by atoms with Crippen molar-refractivity contribution in [2.24, 2.45) is 11.8 Å². The first-order valence-electron chi connectivity index (χ1n) is 12.5. The molecule has 3 heterocycles. The third-order valence-corrected chi connectivity index (χ3v) is 7.38. The maximum absolute atomic E-state index is 15.1. The SMILES string of the molecule is CSc1nc(NNC(=O)[C@@H](CC2CCCC2)CN(C=O)OC2CCCCO2)c(F)c(N2CCC2)n1. The molecule has 3 aliphatic rings. The molecule has 35 heavy (non-hydrogen) atoms. The first-order valence-corrected chi connectivity index (χ1v) is 13.7. The number of anilines is 2. The van der Waals surface area contributed by atoms with Crippen molar-refractivity contribution >= 4 is 35.7 Å². The van der Waals surface area contributed by atoms with E-state index in [1.54, 1.807) is 0 Å². The van der Waals surface area contributed by atoms with E-state index in [2.05, 4.69) is 20.8 Å². The van der Waals surface area contributed by atoms with Crippen molar-refractivity contribution in [3.63, 3.8) is 0 Å². The number of nitrogens with zero attached hydrogens (tertiary/aromatic N) is 4. The van der Waals surface area contributed by atoms with Crippen LogP contribution in [0.5, 0.6) is 0 Å². The van der Waals surface area contributed by atoms with Gasteiger partial charge in [0.2, 0.25) is 18.1 Å². The van der Waals surface area contributed by atoms with Gasteiger partial charge in [0.05, 0.1) is 12.5 Å².